The van der Waals surface area contributed by atoms with Crippen LogP contribution in [0.3, 0.4) is 0 Å². The average Bonchev–Trinajstić information content (AvgIpc) is 2.82. The molecule has 32 heavy (non-hydrogen) atoms. The third kappa shape index (κ3) is 5.79. The van der Waals surface area contributed by atoms with Crippen molar-refractivity contribution in [3.63, 3.8) is 0 Å². The van der Waals surface area contributed by atoms with Crippen molar-refractivity contribution in [2.24, 2.45) is 5.10 Å². The van der Waals surface area contributed by atoms with E-state index in [1.165, 1.54) is 27.5 Å². The Kier molecular flexibility index (Phi) is 8.10. The largest absolute Gasteiger partial charge is 0.493 e. The molecular weight excluding hydrogens is 476 g/mol. The molecule has 7 nitrogen and oxygen atoms in total. The highest BCUT2D eigenvalue weighted by molar-refractivity contribution is 9.10. The molecule has 3 aromatic carbocycles. The Hall–Kier alpha value is -3.52. The van der Waals surface area contributed by atoms with Crippen LogP contribution in [-0.4, -0.2) is 33.5 Å². The molecule has 0 atom stereocenters. The van der Waals surface area contributed by atoms with Gasteiger partial charge in [0.05, 0.1) is 33.1 Å². The number of hydrogen-bond acceptors (Lipinski definition) is 6. The number of carbonyl (C=O) groups excluding carboxylic acids is 1. The summed E-state index contributed by atoms with van der Waals surface area (Å²) < 4.78 is 22.8. The number of nitrogens with one attached hydrogen (secondary N) is 1. The molecule has 0 saturated heterocycles. The summed E-state index contributed by atoms with van der Waals surface area (Å²) in [6.07, 6.45) is 1.49. The number of carbonyl (C=O) groups is 1. The van der Waals surface area contributed by atoms with Crippen LogP contribution in [0.2, 0.25) is 0 Å². The Morgan fingerprint density at radius 1 is 0.938 bits per heavy atom. The fourth-order valence-electron chi connectivity index (χ4n) is 2.97. The van der Waals surface area contributed by atoms with E-state index in [0.717, 1.165) is 10.0 Å². The summed E-state index contributed by atoms with van der Waals surface area (Å²) in [5.41, 5.74) is 4.56. The van der Waals surface area contributed by atoms with Crippen molar-refractivity contribution in [3.05, 3.63) is 81.8 Å². The summed E-state index contributed by atoms with van der Waals surface area (Å²) in [7, 11) is 4.60. The lowest BCUT2D eigenvalue weighted by molar-refractivity contribution is 0.0950. The maximum Gasteiger partial charge on any atom is 0.275 e. The first-order valence-corrected chi connectivity index (χ1v) is 10.4. The molecule has 3 rings (SSSR count). The smallest absolute Gasteiger partial charge is 0.275 e. The number of methoxy groups -OCH3 is 3. The summed E-state index contributed by atoms with van der Waals surface area (Å²) in [6, 6.07) is 18.3. The molecule has 0 unspecified atom stereocenters. The first-order valence-electron chi connectivity index (χ1n) is 9.65. The van der Waals surface area contributed by atoms with Gasteiger partial charge >= 0.3 is 0 Å². The lowest BCUT2D eigenvalue weighted by Gasteiger charge is -2.12. The standard InChI is InChI=1S/C24H23BrN2O5/c1-29-21-12-17(13-22(30-2)23(21)31-3)14-26-27-24(28)19-9-4-5-10-20(19)32-15-16-7-6-8-18(25)11-16/h4-14H,15H2,1-3H3,(H,27,28). The number of para-hydroxylation sites is 1. The molecule has 0 aliphatic carbocycles. The van der Waals surface area contributed by atoms with Crippen LogP contribution in [0.5, 0.6) is 23.0 Å². The number of hydrogen-bond donors (Lipinski definition) is 1. The number of nitrogens with zero attached hydrogens (tertiary/aromatic N) is 1. The summed E-state index contributed by atoms with van der Waals surface area (Å²) in [4.78, 5) is 12.7. The highest BCUT2D eigenvalue weighted by Crippen LogP contribution is 2.37. The van der Waals surface area contributed by atoms with Gasteiger partial charge in [0.2, 0.25) is 5.75 Å². The molecule has 3 aromatic rings. The molecule has 0 bridgehead atoms. The SMILES string of the molecule is COc1cc(C=NNC(=O)c2ccccc2OCc2cccc(Br)c2)cc(OC)c1OC. The van der Waals surface area contributed by atoms with Gasteiger partial charge in [-0.05, 0) is 42.0 Å². The maximum atomic E-state index is 12.7. The zero-order valence-electron chi connectivity index (χ0n) is 17.9. The fourth-order valence-corrected chi connectivity index (χ4v) is 3.42. The molecule has 1 amide bonds. The van der Waals surface area contributed by atoms with Crippen molar-refractivity contribution in [2.45, 2.75) is 6.61 Å². The molecule has 0 radical (unpaired) electrons. The first-order chi connectivity index (χ1) is 15.5. The van der Waals surface area contributed by atoms with Crippen molar-refractivity contribution in [2.75, 3.05) is 21.3 Å². The van der Waals surface area contributed by atoms with Crippen LogP contribution >= 0.6 is 15.9 Å². The van der Waals surface area contributed by atoms with E-state index < -0.39 is 5.91 Å². The molecule has 0 aromatic heterocycles. The van der Waals surface area contributed by atoms with Gasteiger partial charge in [0.25, 0.3) is 5.91 Å². The van der Waals surface area contributed by atoms with E-state index in [1.807, 2.05) is 30.3 Å². The molecule has 8 heteroatoms. The molecule has 0 aliphatic rings. The third-order valence-electron chi connectivity index (χ3n) is 4.48. The quantitative estimate of drug-likeness (QED) is 0.338. The van der Waals surface area contributed by atoms with E-state index >= 15 is 0 Å². The van der Waals surface area contributed by atoms with Crippen molar-refractivity contribution < 1.29 is 23.7 Å². The third-order valence-corrected chi connectivity index (χ3v) is 4.98. The predicted molar refractivity (Wildman–Crippen MR) is 126 cm³/mol. The van der Waals surface area contributed by atoms with E-state index in [4.69, 9.17) is 18.9 Å². The van der Waals surface area contributed by atoms with Gasteiger partial charge in [0.1, 0.15) is 12.4 Å². The Morgan fingerprint density at radius 3 is 2.31 bits per heavy atom. The van der Waals surface area contributed by atoms with Gasteiger partial charge < -0.3 is 18.9 Å². The van der Waals surface area contributed by atoms with E-state index in [-0.39, 0.29) is 0 Å². The molecule has 0 saturated carbocycles. The van der Waals surface area contributed by atoms with Gasteiger partial charge in [-0.15, -0.1) is 0 Å². The second-order valence-corrected chi connectivity index (χ2v) is 7.49. The van der Waals surface area contributed by atoms with Crippen LogP contribution in [0.25, 0.3) is 0 Å². The van der Waals surface area contributed by atoms with Crippen LogP contribution in [0.1, 0.15) is 21.5 Å². The minimum absolute atomic E-state index is 0.332. The van der Waals surface area contributed by atoms with Gasteiger partial charge in [-0.1, -0.05) is 40.2 Å². The number of halogens is 1. The lowest BCUT2D eigenvalue weighted by Crippen LogP contribution is -2.18. The Bertz CT molecular complexity index is 1090. The zero-order valence-corrected chi connectivity index (χ0v) is 19.5. The number of rotatable bonds is 9. The average molecular weight is 499 g/mol. The normalized spacial score (nSPS) is 10.6. The van der Waals surface area contributed by atoms with Crippen LogP contribution in [-0.2, 0) is 6.61 Å². The second kappa shape index (κ2) is 11.2. The number of hydrazone groups is 1. The maximum absolute atomic E-state index is 12.7. The second-order valence-electron chi connectivity index (χ2n) is 6.57. The number of amides is 1. The van der Waals surface area contributed by atoms with E-state index in [9.17, 15) is 4.79 Å². The van der Waals surface area contributed by atoms with Crippen LogP contribution in [0.15, 0.2) is 70.2 Å². The highest BCUT2D eigenvalue weighted by atomic mass is 79.9. The van der Waals surface area contributed by atoms with Gasteiger partial charge in [-0.25, -0.2) is 5.43 Å². The first kappa shape index (κ1) is 23.1. The highest BCUT2D eigenvalue weighted by Gasteiger charge is 2.14. The molecule has 166 valence electrons. The van der Waals surface area contributed by atoms with Gasteiger partial charge in [-0.3, -0.25) is 4.79 Å². The minimum atomic E-state index is -0.390. The summed E-state index contributed by atoms with van der Waals surface area (Å²) in [6.45, 7) is 0.332. The van der Waals surface area contributed by atoms with Crippen molar-refractivity contribution in [3.8, 4) is 23.0 Å². The molecule has 0 fully saturated rings. The van der Waals surface area contributed by atoms with Gasteiger partial charge in [0.15, 0.2) is 11.5 Å². The summed E-state index contributed by atoms with van der Waals surface area (Å²) >= 11 is 3.44. The molecule has 0 spiro atoms. The van der Waals surface area contributed by atoms with Crippen LogP contribution < -0.4 is 24.4 Å². The lowest BCUT2D eigenvalue weighted by atomic mass is 10.2. The molecular formula is C24H23BrN2O5. The van der Waals surface area contributed by atoms with Crippen LogP contribution in [0.4, 0.5) is 0 Å². The topological polar surface area (TPSA) is 78.4 Å². The van der Waals surface area contributed by atoms with E-state index in [1.54, 1.807) is 30.3 Å². The van der Waals surface area contributed by atoms with Crippen molar-refractivity contribution in [1.29, 1.82) is 0 Å². The number of ether oxygens (including phenoxy) is 4. The Morgan fingerprint density at radius 2 is 1.66 bits per heavy atom. The van der Waals surface area contributed by atoms with Crippen LogP contribution in [0, 0.1) is 0 Å². The predicted octanol–water partition coefficient (Wildman–Crippen LogP) is 4.82. The minimum Gasteiger partial charge on any atom is -0.493 e. The number of benzene rings is 3. The van der Waals surface area contributed by atoms with Crippen molar-refractivity contribution >= 4 is 28.1 Å². The van der Waals surface area contributed by atoms with Gasteiger partial charge in [0, 0.05) is 10.0 Å². The van der Waals surface area contributed by atoms with E-state index in [2.05, 4.69) is 26.5 Å². The van der Waals surface area contributed by atoms with Crippen molar-refractivity contribution in [1.82, 2.24) is 5.43 Å². The molecule has 1 N–H and O–H groups in total. The summed E-state index contributed by atoms with van der Waals surface area (Å²) in [5.74, 6) is 1.54. The molecule has 0 heterocycles. The molecule has 0 aliphatic heterocycles. The fraction of sp³-hybridized carbons (Fsp3) is 0.167. The van der Waals surface area contributed by atoms with E-state index in [0.29, 0.717) is 40.7 Å². The monoisotopic (exact) mass is 498 g/mol. The Balaban J connectivity index is 1.71. The summed E-state index contributed by atoms with van der Waals surface area (Å²) in [5, 5.41) is 4.06. The zero-order chi connectivity index (χ0) is 22.9. The Labute approximate surface area is 195 Å². The van der Waals surface area contributed by atoms with Gasteiger partial charge in [-0.2, -0.15) is 5.10 Å².